The maximum Gasteiger partial charge on any atom is 0.255 e. The summed E-state index contributed by atoms with van der Waals surface area (Å²) < 4.78 is 5.06. The molecule has 0 atom stereocenters. The smallest absolute Gasteiger partial charge is 0.255 e. The Labute approximate surface area is 117 Å². The van der Waals surface area contributed by atoms with Crippen LogP contribution in [0.3, 0.4) is 0 Å². The molecular formula is C15H14ClNO2. The topological polar surface area (TPSA) is 38.3 Å². The van der Waals surface area contributed by atoms with Crippen LogP contribution in [-0.4, -0.2) is 13.0 Å². The lowest BCUT2D eigenvalue weighted by atomic mass is 10.2. The van der Waals surface area contributed by atoms with E-state index in [9.17, 15) is 4.79 Å². The summed E-state index contributed by atoms with van der Waals surface area (Å²) in [6, 6.07) is 14.4. The minimum Gasteiger partial charge on any atom is -0.380 e. The minimum atomic E-state index is -0.183. The van der Waals surface area contributed by atoms with Gasteiger partial charge in [-0.1, -0.05) is 29.8 Å². The second kappa shape index (κ2) is 6.36. The molecule has 0 aliphatic heterocycles. The summed E-state index contributed by atoms with van der Waals surface area (Å²) in [6.45, 7) is 0.515. The second-order valence-corrected chi connectivity index (χ2v) is 4.53. The molecule has 0 fully saturated rings. The van der Waals surface area contributed by atoms with E-state index < -0.39 is 0 Å². The Morgan fingerprint density at radius 1 is 1.21 bits per heavy atom. The highest BCUT2D eigenvalue weighted by Gasteiger charge is 2.06. The lowest BCUT2D eigenvalue weighted by Crippen LogP contribution is -2.11. The molecule has 2 aromatic carbocycles. The van der Waals surface area contributed by atoms with Crippen LogP contribution in [0.2, 0.25) is 5.02 Å². The molecule has 19 heavy (non-hydrogen) atoms. The molecule has 0 spiro atoms. The van der Waals surface area contributed by atoms with Crippen molar-refractivity contribution in [3.8, 4) is 0 Å². The van der Waals surface area contributed by atoms with Gasteiger partial charge in [-0.2, -0.15) is 0 Å². The first-order valence-corrected chi connectivity index (χ1v) is 6.21. The van der Waals surface area contributed by atoms with Crippen molar-refractivity contribution in [2.24, 2.45) is 0 Å². The number of anilines is 1. The van der Waals surface area contributed by atoms with Gasteiger partial charge in [-0.25, -0.2) is 0 Å². The fourth-order valence-corrected chi connectivity index (χ4v) is 1.93. The van der Waals surface area contributed by atoms with E-state index in [1.54, 1.807) is 31.4 Å². The maximum absolute atomic E-state index is 12.0. The standard InChI is InChI=1S/C15H14ClNO2/c1-19-10-11-4-2-7-14(8-11)17-15(18)12-5-3-6-13(16)9-12/h2-9H,10H2,1H3,(H,17,18). The largest absolute Gasteiger partial charge is 0.380 e. The highest BCUT2D eigenvalue weighted by atomic mass is 35.5. The van der Waals surface area contributed by atoms with E-state index in [-0.39, 0.29) is 5.91 Å². The van der Waals surface area contributed by atoms with Crippen molar-refractivity contribution in [1.82, 2.24) is 0 Å². The van der Waals surface area contributed by atoms with E-state index in [2.05, 4.69) is 5.32 Å². The number of carbonyl (C=O) groups excluding carboxylic acids is 1. The quantitative estimate of drug-likeness (QED) is 0.923. The van der Waals surface area contributed by atoms with Gasteiger partial charge in [0.25, 0.3) is 5.91 Å². The fraction of sp³-hybridized carbons (Fsp3) is 0.133. The summed E-state index contributed by atoms with van der Waals surface area (Å²) in [4.78, 5) is 12.0. The van der Waals surface area contributed by atoms with Gasteiger partial charge in [0.05, 0.1) is 6.61 Å². The molecule has 2 aromatic rings. The average molecular weight is 276 g/mol. The molecule has 0 unspecified atom stereocenters. The Hall–Kier alpha value is -1.84. The molecule has 0 aromatic heterocycles. The van der Waals surface area contributed by atoms with Crippen LogP contribution in [-0.2, 0) is 11.3 Å². The van der Waals surface area contributed by atoms with Gasteiger partial charge in [-0.05, 0) is 35.9 Å². The molecule has 0 bridgehead atoms. The first kappa shape index (κ1) is 13.6. The highest BCUT2D eigenvalue weighted by Crippen LogP contribution is 2.15. The van der Waals surface area contributed by atoms with E-state index in [0.717, 1.165) is 11.3 Å². The number of benzene rings is 2. The molecular weight excluding hydrogens is 262 g/mol. The van der Waals surface area contributed by atoms with Crippen molar-refractivity contribution in [1.29, 1.82) is 0 Å². The molecule has 1 amide bonds. The molecule has 4 heteroatoms. The monoisotopic (exact) mass is 275 g/mol. The number of rotatable bonds is 4. The molecule has 1 N–H and O–H groups in total. The number of halogens is 1. The number of nitrogens with one attached hydrogen (secondary N) is 1. The van der Waals surface area contributed by atoms with Crippen LogP contribution in [0.25, 0.3) is 0 Å². The molecule has 0 saturated heterocycles. The third kappa shape index (κ3) is 3.81. The van der Waals surface area contributed by atoms with Crippen molar-refractivity contribution in [2.45, 2.75) is 6.61 Å². The molecule has 3 nitrogen and oxygen atoms in total. The van der Waals surface area contributed by atoms with Crippen LogP contribution in [0.15, 0.2) is 48.5 Å². The Morgan fingerprint density at radius 3 is 2.74 bits per heavy atom. The van der Waals surface area contributed by atoms with Crippen LogP contribution >= 0.6 is 11.6 Å². The van der Waals surface area contributed by atoms with Gasteiger partial charge in [0.15, 0.2) is 0 Å². The summed E-state index contributed by atoms with van der Waals surface area (Å²) in [6.07, 6.45) is 0. The Morgan fingerprint density at radius 2 is 2.00 bits per heavy atom. The summed E-state index contributed by atoms with van der Waals surface area (Å²) >= 11 is 5.86. The average Bonchev–Trinajstić information content (AvgIpc) is 2.39. The van der Waals surface area contributed by atoms with E-state index in [4.69, 9.17) is 16.3 Å². The zero-order chi connectivity index (χ0) is 13.7. The molecule has 0 saturated carbocycles. The number of carbonyl (C=O) groups is 1. The van der Waals surface area contributed by atoms with Gasteiger partial charge in [-0.15, -0.1) is 0 Å². The Balaban J connectivity index is 2.12. The highest BCUT2D eigenvalue weighted by molar-refractivity contribution is 6.31. The zero-order valence-corrected chi connectivity index (χ0v) is 11.3. The molecule has 0 radical (unpaired) electrons. The second-order valence-electron chi connectivity index (χ2n) is 4.10. The van der Waals surface area contributed by atoms with E-state index in [1.807, 2.05) is 24.3 Å². The van der Waals surface area contributed by atoms with Crippen molar-refractivity contribution in [3.05, 3.63) is 64.7 Å². The van der Waals surface area contributed by atoms with E-state index in [1.165, 1.54) is 0 Å². The first-order chi connectivity index (χ1) is 9.19. The molecule has 0 aliphatic carbocycles. The van der Waals surface area contributed by atoms with Crippen LogP contribution in [0.5, 0.6) is 0 Å². The number of ether oxygens (including phenoxy) is 1. The summed E-state index contributed by atoms with van der Waals surface area (Å²) in [5.74, 6) is -0.183. The van der Waals surface area contributed by atoms with Crippen molar-refractivity contribution >= 4 is 23.2 Å². The van der Waals surface area contributed by atoms with Gasteiger partial charge in [-0.3, -0.25) is 4.79 Å². The molecule has 2 rings (SSSR count). The minimum absolute atomic E-state index is 0.183. The number of hydrogen-bond donors (Lipinski definition) is 1. The fourth-order valence-electron chi connectivity index (χ4n) is 1.74. The van der Waals surface area contributed by atoms with Gasteiger partial charge in [0, 0.05) is 23.4 Å². The van der Waals surface area contributed by atoms with Crippen LogP contribution in [0, 0.1) is 0 Å². The summed E-state index contributed by atoms with van der Waals surface area (Å²) in [5, 5.41) is 3.37. The van der Waals surface area contributed by atoms with E-state index >= 15 is 0 Å². The van der Waals surface area contributed by atoms with Crippen molar-refractivity contribution in [3.63, 3.8) is 0 Å². The van der Waals surface area contributed by atoms with Gasteiger partial charge in [0.2, 0.25) is 0 Å². The lowest BCUT2D eigenvalue weighted by molar-refractivity contribution is 0.102. The number of methoxy groups -OCH3 is 1. The van der Waals surface area contributed by atoms with Gasteiger partial charge in [0.1, 0.15) is 0 Å². The normalized spacial score (nSPS) is 10.2. The van der Waals surface area contributed by atoms with Gasteiger partial charge >= 0.3 is 0 Å². The predicted octanol–water partition coefficient (Wildman–Crippen LogP) is 3.74. The number of amides is 1. The summed E-state index contributed by atoms with van der Waals surface area (Å²) in [5.41, 5.74) is 2.27. The third-order valence-electron chi connectivity index (χ3n) is 2.58. The van der Waals surface area contributed by atoms with Gasteiger partial charge < -0.3 is 10.1 Å². The number of hydrogen-bond acceptors (Lipinski definition) is 2. The molecule has 0 aliphatic rings. The SMILES string of the molecule is COCc1cccc(NC(=O)c2cccc(Cl)c2)c1. The molecule has 0 heterocycles. The van der Waals surface area contributed by atoms with Crippen LogP contribution in [0.4, 0.5) is 5.69 Å². The van der Waals surface area contributed by atoms with Crippen LogP contribution < -0.4 is 5.32 Å². The first-order valence-electron chi connectivity index (χ1n) is 5.84. The molecule has 98 valence electrons. The third-order valence-corrected chi connectivity index (χ3v) is 2.82. The maximum atomic E-state index is 12.0. The Kier molecular flexibility index (Phi) is 4.55. The van der Waals surface area contributed by atoms with Crippen molar-refractivity contribution < 1.29 is 9.53 Å². The van der Waals surface area contributed by atoms with Crippen molar-refractivity contribution in [2.75, 3.05) is 12.4 Å². The van der Waals surface area contributed by atoms with Crippen LogP contribution in [0.1, 0.15) is 15.9 Å². The Bertz CT molecular complexity index is 584. The summed E-state index contributed by atoms with van der Waals surface area (Å²) in [7, 11) is 1.64. The van der Waals surface area contributed by atoms with E-state index in [0.29, 0.717) is 17.2 Å². The predicted molar refractivity (Wildman–Crippen MR) is 76.6 cm³/mol. The lowest BCUT2D eigenvalue weighted by Gasteiger charge is -2.07. The zero-order valence-electron chi connectivity index (χ0n) is 10.5.